The van der Waals surface area contributed by atoms with Crippen molar-refractivity contribution >= 4 is 15.9 Å². The first kappa shape index (κ1) is 21.7. The Balaban J connectivity index is 2.21. The van der Waals surface area contributed by atoms with Gasteiger partial charge in [-0.15, -0.1) is 0 Å². The summed E-state index contributed by atoms with van der Waals surface area (Å²) >= 11 is 0. The third-order valence-corrected chi connectivity index (χ3v) is 6.26. The molecule has 1 N–H and O–H groups in total. The Kier molecular flexibility index (Phi) is 7.25. The van der Waals surface area contributed by atoms with Crippen LogP contribution in [0.25, 0.3) is 0 Å². The second kappa shape index (κ2) is 9.03. The molecule has 1 aliphatic heterocycles. The van der Waals surface area contributed by atoms with E-state index in [9.17, 15) is 13.2 Å². The smallest absolute Gasteiger partial charge is 0.241 e. The zero-order valence-corrected chi connectivity index (χ0v) is 17.7. The van der Waals surface area contributed by atoms with Gasteiger partial charge in [-0.2, -0.15) is 4.72 Å². The summed E-state index contributed by atoms with van der Waals surface area (Å²) in [5.74, 6) is 0.665. The van der Waals surface area contributed by atoms with E-state index in [4.69, 9.17) is 4.74 Å². The number of ether oxygens (including phenoxy) is 1. The maximum atomic E-state index is 13.0. The number of likely N-dealkylation sites (N-methyl/N-ethyl adjacent to an activating group) is 1. The number of hydrogen-bond acceptors (Lipinski definition) is 5. The van der Waals surface area contributed by atoms with Crippen molar-refractivity contribution in [2.24, 2.45) is 5.92 Å². The molecule has 2 rings (SSSR count). The van der Waals surface area contributed by atoms with Gasteiger partial charge in [-0.3, -0.25) is 4.79 Å². The Morgan fingerprint density at radius 1 is 1.22 bits per heavy atom. The molecular formula is C19H31N3O4S. The lowest BCUT2D eigenvalue weighted by molar-refractivity contribution is -0.135. The van der Waals surface area contributed by atoms with Gasteiger partial charge < -0.3 is 14.5 Å². The fourth-order valence-electron chi connectivity index (χ4n) is 3.19. The van der Waals surface area contributed by atoms with Crippen LogP contribution >= 0.6 is 0 Å². The molecule has 0 aromatic heterocycles. The molecule has 1 aromatic rings. The van der Waals surface area contributed by atoms with Crippen molar-refractivity contribution in [2.75, 3.05) is 40.3 Å². The van der Waals surface area contributed by atoms with Gasteiger partial charge in [-0.05, 0) is 50.1 Å². The van der Waals surface area contributed by atoms with Crippen LogP contribution in [0.4, 0.5) is 0 Å². The van der Waals surface area contributed by atoms with Gasteiger partial charge in [0.2, 0.25) is 15.9 Å². The number of methoxy groups -OCH3 is 1. The number of nitrogens with one attached hydrogen (secondary N) is 1. The van der Waals surface area contributed by atoms with Crippen molar-refractivity contribution in [1.29, 1.82) is 0 Å². The number of aryl methyl sites for hydroxylation is 1. The van der Waals surface area contributed by atoms with Gasteiger partial charge in [0.1, 0.15) is 11.8 Å². The second-order valence-corrected chi connectivity index (χ2v) is 9.28. The molecule has 8 heteroatoms. The van der Waals surface area contributed by atoms with Crippen LogP contribution in [0.3, 0.4) is 0 Å². The normalized spacial score (nSPS) is 17.2. The number of piperazine rings is 1. The molecule has 0 unspecified atom stereocenters. The molecule has 0 aliphatic carbocycles. The number of nitrogens with zero attached hydrogens (tertiary/aromatic N) is 2. The van der Waals surface area contributed by atoms with Crippen LogP contribution in [0.2, 0.25) is 0 Å². The average molecular weight is 398 g/mol. The number of benzene rings is 1. The van der Waals surface area contributed by atoms with Crippen LogP contribution in [0, 0.1) is 12.8 Å². The number of carbonyl (C=O) groups excluding carboxylic acids is 1. The van der Waals surface area contributed by atoms with Crippen molar-refractivity contribution in [2.45, 2.75) is 38.1 Å². The molecular weight excluding hydrogens is 366 g/mol. The van der Waals surface area contributed by atoms with Gasteiger partial charge in [-0.25, -0.2) is 8.42 Å². The van der Waals surface area contributed by atoms with Crippen molar-refractivity contribution in [3.8, 4) is 5.75 Å². The Labute approximate surface area is 162 Å². The lowest BCUT2D eigenvalue weighted by Gasteiger charge is -2.35. The molecule has 1 heterocycles. The van der Waals surface area contributed by atoms with Crippen molar-refractivity contribution < 1.29 is 17.9 Å². The van der Waals surface area contributed by atoms with Crippen LogP contribution in [0.1, 0.15) is 25.8 Å². The zero-order chi connectivity index (χ0) is 20.2. The van der Waals surface area contributed by atoms with E-state index in [0.29, 0.717) is 25.3 Å². The summed E-state index contributed by atoms with van der Waals surface area (Å²) in [5, 5.41) is 0. The first-order valence-electron chi connectivity index (χ1n) is 9.28. The van der Waals surface area contributed by atoms with Crippen molar-refractivity contribution in [3.05, 3.63) is 23.8 Å². The largest absolute Gasteiger partial charge is 0.496 e. The van der Waals surface area contributed by atoms with Crippen LogP contribution in [0.15, 0.2) is 23.1 Å². The fraction of sp³-hybridized carbons (Fsp3) is 0.632. The number of amides is 1. The van der Waals surface area contributed by atoms with Crippen LogP contribution in [0.5, 0.6) is 5.75 Å². The Bertz CT molecular complexity index is 756. The topological polar surface area (TPSA) is 78.9 Å². The molecule has 1 amide bonds. The molecule has 1 fully saturated rings. The van der Waals surface area contributed by atoms with E-state index in [1.165, 1.54) is 6.07 Å². The van der Waals surface area contributed by atoms with Gasteiger partial charge in [0.25, 0.3) is 0 Å². The standard InChI is InChI=1S/C19H31N3O4S/c1-14(2)12-17(19(23)22-10-8-21(4)9-11-22)20-27(24,25)16-6-7-18(26-5)15(3)13-16/h6-7,13-14,17,20H,8-12H2,1-5H3/t17-/m1/s1. The predicted octanol–water partition coefficient (Wildman–Crippen LogP) is 1.47. The monoisotopic (exact) mass is 397 g/mol. The Morgan fingerprint density at radius 2 is 1.85 bits per heavy atom. The molecule has 1 aliphatic rings. The quantitative estimate of drug-likeness (QED) is 0.754. The molecule has 1 aromatic carbocycles. The predicted molar refractivity (Wildman–Crippen MR) is 105 cm³/mol. The summed E-state index contributed by atoms with van der Waals surface area (Å²) in [6, 6.07) is 3.93. The average Bonchev–Trinajstić information content (AvgIpc) is 2.60. The molecule has 7 nitrogen and oxygen atoms in total. The minimum absolute atomic E-state index is 0.140. The highest BCUT2D eigenvalue weighted by atomic mass is 32.2. The maximum absolute atomic E-state index is 13.0. The van der Waals surface area contributed by atoms with E-state index >= 15 is 0 Å². The first-order chi connectivity index (χ1) is 12.6. The van der Waals surface area contributed by atoms with Gasteiger partial charge in [0, 0.05) is 26.2 Å². The molecule has 0 spiro atoms. The number of carbonyl (C=O) groups is 1. The zero-order valence-electron chi connectivity index (χ0n) is 16.9. The fourth-order valence-corrected chi connectivity index (χ4v) is 4.48. The minimum atomic E-state index is -3.81. The van der Waals surface area contributed by atoms with Gasteiger partial charge >= 0.3 is 0 Å². The summed E-state index contributed by atoms with van der Waals surface area (Å²) in [5.41, 5.74) is 0.728. The van der Waals surface area contributed by atoms with E-state index in [1.54, 1.807) is 31.1 Å². The Hall–Kier alpha value is -1.64. The third kappa shape index (κ3) is 5.67. The third-order valence-electron chi connectivity index (χ3n) is 4.79. The van der Waals surface area contributed by atoms with Crippen molar-refractivity contribution in [1.82, 2.24) is 14.5 Å². The molecule has 0 radical (unpaired) electrons. The number of hydrogen-bond donors (Lipinski definition) is 1. The molecule has 0 bridgehead atoms. The van der Waals surface area contributed by atoms with E-state index < -0.39 is 16.1 Å². The van der Waals surface area contributed by atoms with E-state index in [1.807, 2.05) is 20.9 Å². The SMILES string of the molecule is COc1ccc(S(=O)(=O)N[C@H](CC(C)C)C(=O)N2CCN(C)CC2)cc1C. The van der Waals surface area contributed by atoms with Gasteiger partial charge in [-0.1, -0.05) is 13.8 Å². The van der Waals surface area contributed by atoms with Gasteiger partial charge in [0.15, 0.2) is 0 Å². The summed E-state index contributed by atoms with van der Waals surface area (Å²) in [4.78, 5) is 17.0. The first-order valence-corrected chi connectivity index (χ1v) is 10.8. The lowest BCUT2D eigenvalue weighted by atomic mass is 10.0. The van der Waals surface area contributed by atoms with E-state index in [0.717, 1.165) is 18.7 Å². The van der Waals surface area contributed by atoms with Gasteiger partial charge in [0.05, 0.1) is 12.0 Å². The summed E-state index contributed by atoms with van der Waals surface area (Å²) in [6.07, 6.45) is 0.458. The molecule has 1 atom stereocenters. The molecule has 1 saturated heterocycles. The minimum Gasteiger partial charge on any atom is -0.496 e. The molecule has 152 valence electrons. The lowest BCUT2D eigenvalue weighted by Crippen LogP contribution is -2.54. The van der Waals surface area contributed by atoms with E-state index in [-0.39, 0.29) is 16.7 Å². The summed E-state index contributed by atoms with van der Waals surface area (Å²) in [6.45, 7) is 8.58. The highest BCUT2D eigenvalue weighted by Crippen LogP contribution is 2.22. The summed E-state index contributed by atoms with van der Waals surface area (Å²) in [7, 11) is -0.251. The van der Waals surface area contributed by atoms with Crippen molar-refractivity contribution in [3.63, 3.8) is 0 Å². The summed E-state index contributed by atoms with van der Waals surface area (Å²) < 4.78 is 33.6. The maximum Gasteiger partial charge on any atom is 0.241 e. The second-order valence-electron chi connectivity index (χ2n) is 7.56. The molecule has 0 saturated carbocycles. The number of rotatable bonds is 7. The highest BCUT2D eigenvalue weighted by Gasteiger charge is 2.31. The Morgan fingerprint density at radius 3 is 2.37 bits per heavy atom. The van der Waals surface area contributed by atoms with Crippen LogP contribution < -0.4 is 9.46 Å². The number of sulfonamides is 1. The molecule has 27 heavy (non-hydrogen) atoms. The highest BCUT2D eigenvalue weighted by molar-refractivity contribution is 7.89. The van der Waals surface area contributed by atoms with Crippen LogP contribution in [-0.2, 0) is 14.8 Å². The van der Waals surface area contributed by atoms with E-state index in [2.05, 4.69) is 9.62 Å². The van der Waals surface area contributed by atoms with Crippen LogP contribution in [-0.4, -0.2) is 70.5 Å².